The average molecular weight is 410 g/mol. The Bertz CT molecular complexity index is 1130. The predicted molar refractivity (Wildman–Crippen MR) is 109 cm³/mol. The molecule has 0 radical (unpaired) electrons. The van der Waals surface area contributed by atoms with Crippen LogP contribution in [0.4, 0.5) is 5.82 Å². The number of aromatic nitrogens is 3. The van der Waals surface area contributed by atoms with E-state index in [2.05, 4.69) is 15.1 Å². The van der Waals surface area contributed by atoms with Crippen LogP contribution in [0.25, 0.3) is 11.0 Å². The lowest BCUT2D eigenvalue weighted by molar-refractivity contribution is -0.0948. The standard InChI is InChI=1S/C20H22N6O4/c1-20(29)15(28)13(9-27)30-19(20)25-8-12-14-17(25)22-10-23-18(14)26(24-16(12)21)7-11-5-3-2-4-6-11/h2-6,8,10,13,15,19,27-29H,7,9H2,1H3,(H2,21,24)/t13-,15-,19-,20-/m1/s1. The molecular formula is C20H22N6O4. The van der Waals surface area contributed by atoms with Crippen LogP contribution in [-0.4, -0.2) is 60.1 Å². The van der Waals surface area contributed by atoms with E-state index in [4.69, 9.17) is 10.5 Å². The Kier molecular flexibility index (Phi) is 4.26. The van der Waals surface area contributed by atoms with Crippen molar-refractivity contribution in [3.05, 3.63) is 54.0 Å². The minimum absolute atomic E-state index is 0.286. The largest absolute Gasteiger partial charge is 0.394 e. The van der Waals surface area contributed by atoms with Gasteiger partial charge >= 0.3 is 0 Å². The van der Waals surface area contributed by atoms with Gasteiger partial charge in [0.15, 0.2) is 17.9 Å². The highest BCUT2D eigenvalue weighted by molar-refractivity contribution is 6.14. The van der Waals surface area contributed by atoms with Crippen LogP contribution in [-0.2, 0) is 11.3 Å². The van der Waals surface area contributed by atoms with Gasteiger partial charge in [0.05, 0.1) is 18.5 Å². The Labute approximate surface area is 171 Å². The van der Waals surface area contributed by atoms with Crippen molar-refractivity contribution in [2.45, 2.75) is 37.5 Å². The first-order valence-corrected chi connectivity index (χ1v) is 9.60. The van der Waals surface area contributed by atoms with Crippen LogP contribution in [0, 0.1) is 0 Å². The summed E-state index contributed by atoms with van der Waals surface area (Å²) in [6.07, 6.45) is -0.0560. The summed E-state index contributed by atoms with van der Waals surface area (Å²) in [4.78, 5) is 8.80. The fraction of sp³-hybridized carbons (Fsp3) is 0.350. The van der Waals surface area contributed by atoms with Gasteiger partial charge in [-0.2, -0.15) is 5.10 Å². The molecule has 2 aliphatic rings. The number of ether oxygens (including phenoxy) is 1. The molecule has 2 aromatic heterocycles. The normalized spacial score (nSPS) is 28.2. The van der Waals surface area contributed by atoms with Gasteiger partial charge in [-0.25, -0.2) is 15.0 Å². The maximum absolute atomic E-state index is 10.9. The highest BCUT2D eigenvalue weighted by Crippen LogP contribution is 2.42. The van der Waals surface area contributed by atoms with Crippen molar-refractivity contribution in [2.24, 2.45) is 10.8 Å². The highest BCUT2D eigenvalue weighted by atomic mass is 16.6. The molecule has 4 atom stereocenters. The van der Waals surface area contributed by atoms with E-state index in [1.54, 1.807) is 15.8 Å². The van der Waals surface area contributed by atoms with E-state index < -0.39 is 30.6 Å². The number of hydrogen-bond donors (Lipinski definition) is 4. The van der Waals surface area contributed by atoms with Crippen LogP contribution in [0.3, 0.4) is 0 Å². The molecule has 1 fully saturated rings. The number of nitrogens with two attached hydrogens (primary N) is 1. The molecule has 2 aliphatic heterocycles. The Morgan fingerprint density at radius 2 is 2.00 bits per heavy atom. The molecule has 0 aliphatic carbocycles. The monoisotopic (exact) mass is 410 g/mol. The number of hydrazone groups is 1. The quantitative estimate of drug-likeness (QED) is 0.473. The third kappa shape index (κ3) is 2.69. The summed E-state index contributed by atoms with van der Waals surface area (Å²) in [5.74, 6) is 0.873. The van der Waals surface area contributed by atoms with Gasteiger partial charge in [-0.3, -0.25) is 0 Å². The minimum atomic E-state index is -1.65. The van der Waals surface area contributed by atoms with Crippen molar-refractivity contribution in [3.8, 4) is 0 Å². The van der Waals surface area contributed by atoms with E-state index in [-0.39, 0.29) is 5.84 Å². The zero-order valence-electron chi connectivity index (χ0n) is 16.3. The Morgan fingerprint density at radius 3 is 2.70 bits per heavy atom. The predicted octanol–water partition coefficient (Wildman–Crippen LogP) is 0.0734. The summed E-state index contributed by atoms with van der Waals surface area (Å²) in [6, 6.07) is 9.83. The van der Waals surface area contributed by atoms with Crippen molar-refractivity contribution in [1.82, 2.24) is 14.5 Å². The minimum Gasteiger partial charge on any atom is -0.394 e. The summed E-state index contributed by atoms with van der Waals surface area (Å²) >= 11 is 0. The maximum atomic E-state index is 10.9. The van der Waals surface area contributed by atoms with Crippen molar-refractivity contribution in [1.29, 1.82) is 0 Å². The molecule has 0 unspecified atom stereocenters. The summed E-state index contributed by atoms with van der Waals surface area (Å²) in [7, 11) is 0. The number of aliphatic hydroxyl groups is 3. The molecule has 1 saturated heterocycles. The number of hydrogen-bond acceptors (Lipinski definition) is 9. The first-order chi connectivity index (χ1) is 14.4. The molecular weight excluding hydrogens is 388 g/mol. The van der Waals surface area contributed by atoms with Crippen LogP contribution in [0.15, 0.2) is 48.0 Å². The number of rotatable bonds is 4. The lowest BCUT2D eigenvalue weighted by Crippen LogP contribution is -2.44. The number of anilines is 1. The molecule has 5 rings (SSSR count). The number of amidine groups is 1. The van der Waals surface area contributed by atoms with E-state index in [0.717, 1.165) is 5.56 Å². The van der Waals surface area contributed by atoms with Crippen molar-refractivity contribution >= 4 is 22.7 Å². The van der Waals surface area contributed by atoms with Crippen LogP contribution >= 0.6 is 0 Å². The zero-order chi connectivity index (χ0) is 21.0. The lowest BCUT2D eigenvalue weighted by atomic mass is 9.96. The Hall–Kier alpha value is -3.05. The second-order valence-corrected chi connectivity index (χ2v) is 7.75. The molecule has 10 nitrogen and oxygen atoms in total. The molecule has 0 saturated carbocycles. The average Bonchev–Trinajstić information content (AvgIpc) is 3.23. The van der Waals surface area contributed by atoms with Gasteiger partial charge in [0.1, 0.15) is 29.8 Å². The number of benzene rings is 1. The van der Waals surface area contributed by atoms with E-state index in [1.807, 2.05) is 30.3 Å². The second kappa shape index (κ2) is 6.74. The third-order valence-corrected chi connectivity index (χ3v) is 5.70. The van der Waals surface area contributed by atoms with Crippen LogP contribution in [0.5, 0.6) is 0 Å². The molecule has 0 spiro atoms. The fourth-order valence-corrected chi connectivity index (χ4v) is 4.13. The second-order valence-electron chi connectivity index (χ2n) is 7.75. The number of aliphatic hydroxyl groups excluding tert-OH is 2. The number of nitrogens with zero attached hydrogens (tertiary/aromatic N) is 5. The van der Waals surface area contributed by atoms with Gasteiger partial charge in [0.2, 0.25) is 0 Å². The van der Waals surface area contributed by atoms with Gasteiger partial charge in [0.25, 0.3) is 0 Å². The topological polar surface area (TPSA) is 142 Å². The summed E-state index contributed by atoms with van der Waals surface area (Å²) in [6.45, 7) is 1.51. The van der Waals surface area contributed by atoms with Gasteiger partial charge < -0.3 is 30.4 Å². The van der Waals surface area contributed by atoms with Crippen molar-refractivity contribution in [2.75, 3.05) is 11.6 Å². The summed E-state index contributed by atoms with van der Waals surface area (Å²) in [5.41, 5.74) is 6.75. The van der Waals surface area contributed by atoms with Crippen LogP contribution in [0.1, 0.15) is 24.3 Å². The molecule has 156 valence electrons. The Balaban J connectivity index is 1.62. The molecule has 4 heterocycles. The van der Waals surface area contributed by atoms with E-state index >= 15 is 0 Å². The molecule has 5 N–H and O–H groups in total. The first kappa shape index (κ1) is 18.9. The highest BCUT2D eigenvalue weighted by Gasteiger charge is 2.53. The summed E-state index contributed by atoms with van der Waals surface area (Å²) < 4.78 is 7.38. The zero-order valence-corrected chi connectivity index (χ0v) is 16.3. The molecule has 10 heteroatoms. The van der Waals surface area contributed by atoms with Gasteiger partial charge in [0, 0.05) is 11.8 Å². The van der Waals surface area contributed by atoms with Gasteiger partial charge in [-0.15, -0.1) is 0 Å². The molecule has 30 heavy (non-hydrogen) atoms. The lowest BCUT2D eigenvalue weighted by Gasteiger charge is -2.27. The van der Waals surface area contributed by atoms with Gasteiger partial charge in [-0.1, -0.05) is 30.3 Å². The third-order valence-electron chi connectivity index (χ3n) is 5.70. The summed E-state index contributed by atoms with van der Waals surface area (Å²) in [5, 5.41) is 37.7. The molecule has 0 amide bonds. The van der Waals surface area contributed by atoms with Crippen molar-refractivity contribution in [3.63, 3.8) is 0 Å². The molecule has 3 aromatic rings. The molecule has 0 bridgehead atoms. The van der Waals surface area contributed by atoms with Crippen molar-refractivity contribution < 1.29 is 20.1 Å². The van der Waals surface area contributed by atoms with Crippen LogP contribution < -0.4 is 10.7 Å². The SMILES string of the molecule is C[C@@]1(O)[C@H](O)[C@@H](CO)O[C@H]1n1cc2c3c(ncnc31)N(Cc1ccccc1)N=C2N. The van der Waals surface area contributed by atoms with E-state index in [0.29, 0.717) is 29.0 Å². The first-order valence-electron chi connectivity index (χ1n) is 9.60. The Morgan fingerprint density at radius 1 is 1.23 bits per heavy atom. The van der Waals surface area contributed by atoms with Crippen LogP contribution in [0.2, 0.25) is 0 Å². The molecule has 1 aromatic carbocycles. The van der Waals surface area contributed by atoms with Gasteiger partial charge in [-0.05, 0) is 12.5 Å². The van der Waals surface area contributed by atoms with E-state index in [1.165, 1.54) is 13.3 Å². The maximum Gasteiger partial charge on any atom is 0.167 e. The van der Waals surface area contributed by atoms with E-state index in [9.17, 15) is 15.3 Å². The smallest absolute Gasteiger partial charge is 0.167 e. The fourth-order valence-electron chi connectivity index (χ4n) is 4.13.